The van der Waals surface area contributed by atoms with Crippen molar-refractivity contribution < 1.29 is 4.92 Å². The monoisotopic (exact) mass is 296 g/mol. The van der Waals surface area contributed by atoms with Crippen LogP contribution in [0.3, 0.4) is 0 Å². The Morgan fingerprint density at radius 2 is 2.16 bits per heavy atom. The second-order valence-electron chi connectivity index (χ2n) is 3.68. The summed E-state index contributed by atoms with van der Waals surface area (Å²) in [5.41, 5.74) is 0.696. The number of halogens is 2. The minimum atomic E-state index is -0.691. The van der Waals surface area contributed by atoms with E-state index in [0.717, 1.165) is 5.56 Å². The van der Waals surface area contributed by atoms with Gasteiger partial charge in [-0.1, -0.05) is 29.3 Å². The normalized spacial score (nSPS) is 10.2. The van der Waals surface area contributed by atoms with Crippen LogP contribution in [-0.4, -0.2) is 14.7 Å². The third-order valence-electron chi connectivity index (χ3n) is 2.36. The van der Waals surface area contributed by atoms with E-state index < -0.39 is 10.7 Å². The molecule has 0 radical (unpaired) electrons. The lowest BCUT2D eigenvalue weighted by Crippen LogP contribution is -2.01. The molecule has 0 fully saturated rings. The highest BCUT2D eigenvalue weighted by atomic mass is 35.5. The highest BCUT2D eigenvalue weighted by molar-refractivity contribution is 6.42. The second kappa shape index (κ2) is 5.26. The van der Waals surface area contributed by atoms with Crippen LogP contribution in [0.15, 0.2) is 24.4 Å². The van der Waals surface area contributed by atoms with Gasteiger partial charge in [-0.05, 0) is 22.6 Å². The zero-order valence-corrected chi connectivity index (χ0v) is 10.9. The van der Waals surface area contributed by atoms with Crippen LogP contribution in [0.2, 0.25) is 10.0 Å². The van der Waals surface area contributed by atoms with Crippen LogP contribution in [0.4, 0.5) is 5.82 Å². The van der Waals surface area contributed by atoms with E-state index in [-0.39, 0.29) is 12.1 Å². The first-order valence-corrected chi connectivity index (χ1v) is 5.82. The summed E-state index contributed by atoms with van der Waals surface area (Å²) in [7, 11) is 0. The van der Waals surface area contributed by atoms with Gasteiger partial charge >= 0.3 is 5.82 Å². The molecule has 0 saturated heterocycles. The second-order valence-corrected chi connectivity index (χ2v) is 4.50. The summed E-state index contributed by atoms with van der Waals surface area (Å²) in [6, 6.07) is 6.73. The molecule has 0 saturated carbocycles. The van der Waals surface area contributed by atoms with Crippen LogP contribution < -0.4 is 0 Å². The summed E-state index contributed by atoms with van der Waals surface area (Å²) in [5.74, 6) is -0.456. The molecule has 0 bridgehead atoms. The fourth-order valence-electron chi connectivity index (χ4n) is 1.53. The molecule has 2 rings (SSSR count). The average molecular weight is 297 g/mol. The Balaban J connectivity index is 2.31. The van der Waals surface area contributed by atoms with Crippen LogP contribution in [0.25, 0.3) is 0 Å². The summed E-state index contributed by atoms with van der Waals surface area (Å²) < 4.78 is 1.32. The first kappa shape index (κ1) is 13.3. The van der Waals surface area contributed by atoms with Gasteiger partial charge in [0.15, 0.2) is 5.56 Å². The Kier molecular flexibility index (Phi) is 3.69. The zero-order valence-electron chi connectivity index (χ0n) is 9.38. The molecular weight excluding hydrogens is 291 g/mol. The van der Waals surface area contributed by atoms with E-state index in [1.807, 2.05) is 0 Å². The van der Waals surface area contributed by atoms with Crippen LogP contribution >= 0.6 is 23.2 Å². The quantitative estimate of drug-likeness (QED) is 0.643. The van der Waals surface area contributed by atoms with E-state index in [1.54, 1.807) is 24.3 Å². The zero-order chi connectivity index (χ0) is 14.0. The molecular formula is C11H6Cl2N4O2. The summed E-state index contributed by atoms with van der Waals surface area (Å²) in [6.07, 6.45) is 1.32. The number of nitrogens with zero attached hydrogens (tertiary/aromatic N) is 4. The topological polar surface area (TPSA) is 84.8 Å². The van der Waals surface area contributed by atoms with E-state index >= 15 is 0 Å². The Morgan fingerprint density at radius 1 is 1.42 bits per heavy atom. The van der Waals surface area contributed by atoms with Crippen molar-refractivity contribution in [2.75, 3.05) is 0 Å². The van der Waals surface area contributed by atoms with Crippen molar-refractivity contribution >= 4 is 29.0 Å². The molecule has 1 aromatic carbocycles. The predicted molar refractivity (Wildman–Crippen MR) is 69.2 cm³/mol. The lowest BCUT2D eigenvalue weighted by atomic mass is 10.2. The Labute approximate surface area is 117 Å². The van der Waals surface area contributed by atoms with Crippen molar-refractivity contribution in [2.24, 2.45) is 0 Å². The molecule has 96 valence electrons. The van der Waals surface area contributed by atoms with Gasteiger partial charge < -0.3 is 10.1 Å². The Hall–Kier alpha value is -2.10. The standard InChI is InChI=1S/C11H6Cl2N4O2/c12-9-2-1-7(3-10(9)13)5-16-6-8(4-14)11(15-16)17(18)19/h1-3,6H,5H2. The van der Waals surface area contributed by atoms with Gasteiger partial charge in [0.05, 0.1) is 27.9 Å². The van der Waals surface area contributed by atoms with Crippen molar-refractivity contribution in [3.63, 3.8) is 0 Å². The molecule has 0 N–H and O–H groups in total. The van der Waals surface area contributed by atoms with Crippen molar-refractivity contribution in [3.8, 4) is 6.07 Å². The molecule has 0 aliphatic heterocycles. The first-order valence-electron chi connectivity index (χ1n) is 5.07. The number of nitro groups is 1. The van der Waals surface area contributed by atoms with E-state index in [1.165, 1.54) is 10.9 Å². The Bertz CT molecular complexity index is 690. The van der Waals surface area contributed by atoms with Crippen LogP contribution in [-0.2, 0) is 6.54 Å². The maximum absolute atomic E-state index is 10.7. The predicted octanol–water partition coefficient (Wildman–Crippen LogP) is 3.02. The molecule has 0 amide bonds. The number of nitriles is 1. The van der Waals surface area contributed by atoms with Crippen molar-refractivity contribution in [1.29, 1.82) is 5.26 Å². The van der Waals surface area contributed by atoms with Crippen molar-refractivity contribution in [1.82, 2.24) is 9.78 Å². The van der Waals surface area contributed by atoms with Gasteiger partial charge in [-0.3, -0.25) is 0 Å². The van der Waals surface area contributed by atoms with E-state index in [0.29, 0.717) is 10.0 Å². The lowest BCUT2D eigenvalue weighted by molar-refractivity contribution is -0.390. The summed E-state index contributed by atoms with van der Waals surface area (Å²) in [5, 5.41) is 24.0. The van der Waals surface area contributed by atoms with E-state index in [2.05, 4.69) is 5.10 Å². The third-order valence-corrected chi connectivity index (χ3v) is 3.10. The molecule has 8 heteroatoms. The lowest BCUT2D eigenvalue weighted by Gasteiger charge is -2.00. The highest BCUT2D eigenvalue weighted by Crippen LogP contribution is 2.23. The largest absolute Gasteiger partial charge is 0.407 e. The van der Waals surface area contributed by atoms with Gasteiger partial charge in [0, 0.05) is 0 Å². The van der Waals surface area contributed by atoms with Crippen molar-refractivity contribution in [3.05, 3.63) is 55.7 Å². The molecule has 0 aliphatic rings. The maximum Gasteiger partial charge on any atom is 0.407 e. The smallest absolute Gasteiger partial charge is 0.358 e. The molecule has 0 atom stereocenters. The number of hydrogen-bond acceptors (Lipinski definition) is 4. The third kappa shape index (κ3) is 2.84. The minimum absolute atomic E-state index is 0.0786. The summed E-state index contributed by atoms with van der Waals surface area (Å²) in [6.45, 7) is 0.263. The Morgan fingerprint density at radius 3 is 2.68 bits per heavy atom. The number of hydrogen-bond donors (Lipinski definition) is 0. The fraction of sp³-hybridized carbons (Fsp3) is 0.0909. The molecule has 0 spiro atoms. The van der Waals surface area contributed by atoms with Gasteiger partial charge in [-0.15, -0.1) is 0 Å². The molecule has 0 unspecified atom stereocenters. The first-order chi connectivity index (χ1) is 9.01. The fourth-order valence-corrected chi connectivity index (χ4v) is 1.85. The van der Waals surface area contributed by atoms with Crippen LogP contribution in [0.5, 0.6) is 0 Å². The molecule has 2 aromatic rings. The molecule has 6 nitrogen and oxygen atoms in total. The van der Waals surface area contributed by atoms with Gasteiger partial charge in [-0.25, -0.2) is 0 Å². The van der Waals surface area contributed by atoms with Crippen LogP contribution in [0.1, 0.15) is 11.1 Å². The minimum Gasteiger partial charge on any atom is -0.358 e. The average Bonchev–Trinajstić information content (AvgIpc) is 2.77. The van der Waals surface area contributed by atoms with Crippen LogP contribution in [0, 0.1) is 21.4 Å². The SMILES string of the molecule is N#Cc1cn(Cc2ccc(Cl)c(Cl)c2)nc1[N+](=O)[O-]. The van der Waals surface area contributed by atoms with Gasteiger partial charge in [-0.2, -0.15) is 9.94 Å². The summed E-state index contributed by atoms with van der Waals surface area (Å²) >= 11 is 11.7. The summed E-state index contributed by atoms with van der Waals surface area (Å²) in [4.78, 5) is 9.99. The van der Waals surface area contributed by atoms with Gasteiger partial charge in [0.1, 0.15) is 6.07 Å². The maximum atomic E-state index is 10.7. The number of aromatic nitrogens is 2. The van der Waals surface area contributed by atoms with Crippen molar-refractivity contribution in [2.45, 2.75) is 6.54 Å². The molecule has 0 aliphatic carbocycles. The number of benzene rings is 1. The molecule has 1 heterocycles. The van der Waals surface area contributed by atoms with E-state index in [9.17, 15) is 10.1 Å². The molecule has 19 heavy (non-hydrogen) atoms. The number of rotatable bonds is 3. The molecule has 1 aromatic heterocycles. The van der Waals surface area contributed by atoms with E-state index in [4.69, 9.17) is 28.5 Å². The van der Waals surface area contributed by atoms with Gasteiger partial charge in [0.25, 0.3) is 0 Å². The highest BCUT2D eigenvalue weighted by Gasteiger charge is 2.20. The van der Waals surface area contributed by atoms with Gasteiger partial charge in [0.2, 0.25) is 0 Å².